The van der Waals surface area contributed by atoms with Gasteiger partial charge in [0.2, 0.25) is 0 Å². The minimum absolute atomic E-state index is 0.284. The lowest BCUT2D eigenvalue weighted by Gasteiger charge is -2.13. The lowest BCUT2D eigenvalue weighted by atomic mass is 9.95. The summed E-state index contributed by atoms with van der Waals surface area (Å²) in [6, 6.07) is 1.93. The first-order valence-electron chi connectivity index (χ1n) is 6.56. The number of hydrogen-bond donors (Lipinski definition) is 1. The molecule has 1 heterocycles. The van der Waals surface area contributed by atoms with Crippen molar-refractivity contribution in [3.8, 4) is 5.75 Å². The van der Waals surface area contributed by atoms with Gasteiger partial charge in [0.1, 0.15) is 5.75 Å². The maximum Gasteiger partial charge on any atom is 0.308 e. The van der Waals surface area contributed by atoms with E-state index in [1.165, 1.54) is 17.7 Å². The highest BCUT2D eigenvalue weighted by atomic mass is 35.5. The molecule has 100 valence electrons. The summed E-state index contributed by atoms with van der Waals surface area (Å²) in [5.41, 5.74) is 2.32. The summed E-state index contributed by atoms with van der Waals surface area (Å²) >= 11 is 6.05. The molecule has 19 heavy (non-hydrogen) atoms. The number of carbonyl (C=O) groups is 1. The number of anilines is 1. The van der Waals surface area contributed by atoms with Crippen LogP contribution < -0.4 is 20.5 Å². The molecular weight excluding hydrogens is 262 g/mol. The van der Waals surface area contributed by atoms with Gasteiger partial charge in [0, 0.05) is 42.2 Å². The average molecular weight is 278 g/mol. The van der Waals surface area contributed by atoms with Gasteiger partial charge < -0.3 is 10.1 Å². The Bertz CT molecular complexity index is 651. The van der Waals surface area contributed by atoms with Crippen LogP contribution in [0.15, 0.2) is 6.07 Å². The molecule has 1 unspecified atom stereocenters. The van der Waals surface area contributed by atoms with E-state index >= 15 is 0 Å². The standard InChI is InChI=1S/C15H16ClNO2/c1-9(18)19-14-6-13-15(10(7-16)8-17-13)12-5-3-2-4-11(12)14/h4-6,10,17H,2-3,7-8H2,1H3. The second-order valence-corrected chi connectivity index (χ2v) is 5.28. The Morgan fingerprint density at radius 3 is 2.84 bits per heavy atom. The second kappa shape index (κ2) is 4.89. The number of esters is 1. The predicted molar refractivity (Wildman–Crippen MR) is 77.1 cm³/mol. The summed E-state index contributed by atoms with van der Waals surface area (Å²) in [4.78, 5) is 11.2. The fourth-order valence-corrected chi connectivity index (χ4v) is 3.15. The van der Waals surface area contributed by atoms with Gasteiger partial charge in [0.25, 0.3) is 0 Å². The molecule has 0 bridgehead atoms. The molecule has 2 aliphatic rings. The zero-order valence-corrected chi connectivity index (χ0v) is 11.6. The van der Waals surface area contributed by atoms with Gasteiger partial charge in [-0.05, 0) is 23.6 Å². The summed E-state index contributed by atoms with van der Waals surface area (Å²) in [5.74, 6) is 1.31. The number of nitrogens with one attached hydrogen (secondary N) is 1. The summed E-state index contributed by atoms with van der Waals surface area (Å²) in [6.45, 7) is 2.28. The van der Waals surface area contributed by atoms with Crippen molar-refractivity contribution in [2.45, 2.75) is 25.7 Å². The Balaban J connectivity index is 2.26. The van der Waals surface area contributed by atoms with Crippen molar-refractivity contribution in [3.05, 3.63) is 22.1 Å². The highest BCUT2D eigenvalue weighted by Crippen LogP contribution is 2.31. The molecule has 0 fully saturated rings. The zero-order valence-electron chi connectivity index (χ0n) is 10.8. The average Bonchev–Trinajstić information content (AvgIpc) is 2.81. The maximum absolute atomic E-state index is 11.2. The van der Waals surface area contributed by atoms with Crippen LogP contribution >= 0.6 is 11.6 Å². The second-order valence-electron chi connectivity index (χ2n) is 4.97. The van der Waals surface area contributed by atoms with Gasteiger partial charge in [-0.2, -0.15) is 0 Å². The largest absolute Gasteiger partial charge is 0.426 e. The summed E-state index contributed by atoms with van der Waals surface area (Å²) in [5, 5.41) is 5.59. The molecule has 0 amide bonds. The number of carbonyl (C=O) groups excluding carboxylic acids is 1. The Morgan fingerprint density at radius 2 is 2.16 bits per heavy atom. The van der Waals surface area contributed by atoms with Crippen LogP contribution in [0.3, 0.4) is 0 Å². The molecule has 3 nitrogen and oxygen atoms in total. The molecule has 0 spiro atoms. The van der Waals surface area contributed by atoms with Crippen LogP contribution in [-0.4, -0.2) is 18.4 Å². The SMILES string of the molecule is CC(=O)Oc1cc2c(c3c1=CCCC=3)C(CCl)CN2. The minimum Gasteiger partial charge on any atom is -0.426 e. The molecule has 1 N–H and O–H groups in total. The molecule has 1 aromatic carbocycles. The summed E-state index contributed by atoms with van der Waals surface area (Å²) in [7, 11) is 0. The molecule has 1 aromatic rings. The van der Waals surface area contributed by atoms with Crippen LogP contribution in [0.25, 0.3) is 12.2 Å². The number of fused-ring (bicyclic) bond motifs is 3. The minimum atomic E-state index is -0.284. The first kappa shape index (κ1) is 12.5. The highest BCUT2D eigenvalue weighted by Gasteiger charge is 2.25. The van der Waals surface area contributed by atoms with E-state index < -0.39 is 0 Å². The smallest absolute Gasteiger partial charge is 0.308 e. The first-order valence-corrected chi connectivity index (χ1v) is 7.09. The van der Waals surface area contributed by atoms with E-state index in [2.05, 4.69) is 17.5 Å². The monoisotopic (exact) mass is 277 g/mol. The molecule has 0 saturated heterocycles. The van der Waals surface area contributed by atoms with Gasteiger partial charge in [0.05, 0.1) is 0 Å². The van der Waals surface area contributed by atoms with Crippen LogP contribution in [0.2, 0.25) is 0 Å². The van der Waals surface area contributed by atoms with Crippen molar-refractivity contribution in [1.82, 2.24) is 0 Å². The van der Waals surface area contributed by atoms with Crippen molar-refractivity contribution < 1.29 is 9.53 Å². The molecule has 4 heteroatoms. The van der Waals surface area contributed by atoms with E-state index in [0.29, 0.717) is 17.5 Å². The van der Waals surface area contributed by atoms with Crippen LogP contribution in [0.4, 0.5) is 5.69 Å². The van der Waals surface area contributed by atoms with E-state index in [4.69, 9.17) is 16.3 Å². The van der Waals surface area contributed by atoms with E-state index in [-0.39, 0.29) is 5.97 Å². The van der Waals surface area contributed by atoms with Gasteiger partial charge in [-0.25, -0.2) is 0 Å². The molecule has 1 atom stereocenters. The Hall–Kier alpha value is -1.48. The lowest BCUT2D eigenvalue weighted by Crippen LogP contribution is -2.33. The Kier molecular flexibility index (Phi) is 3.23. The zero-order chi connectivity index (χ0) is 13.4. The summed E-state index contributed by atoms with van der Waals surface area (Å²) in [6.07, 6.45) is 6.39. The topological polar surface area (TPSA) is 38.3 Å². The quantitative estimate of drug-likeness (QED) is 0.508. The van der Waals surface area contributed by atoms with Crippen LogP contribution in [-0.2, 0) is 4.79 Å². The molecule has 0 saturated carbocycles. The third-order valence-corrected chi connectivity index (χ3v) is 4.03. The number of halogens is 1. The van der Waals surface area contributed by atoms with E-state index in [9.17, 15) is 4.79 Å². The highest BCUT2D eigenvalue weighted by molar-refractivity contribution is 6.18. The van der Waals surface area contributed by atoms with Crippen LogP contribution in [0.5, 0.6) is 5.75 Å². The molecule has 1 aliphatic heterocycles. The van der Waals surface area contributed by atoms with Gasteiger partial charge in [0.15, 0.2) is 0 Å². The number of hydrogen-bond acceptors (Lipinski definition) is 3. The van der Waals surface area contributed by atoms with E-state index in [1.54, 1.807) is 0 Å². The Morgan fingerprint density at radius 1 is 1.42 bits per heavy atom. The van der Waals surface area contributed by atoms with Crippen LogP contribution in [0, 0.1) is 0 Å². The maximum atomic E-state index is 11.2. The Labute approximate surface area is 116 Å². The number of rotatable bonds is 2. The summed E-state index contributed by atoms with van der Waals surface area (Å²) < 4.78 is 5.34. The molecule has 3 rings (SSSR count). The van der Waals surface area contributed by atoms with Crippen molar-refractivity contribution in [2.24, 2.45) is 0 Å². The number of ether oxygens (including phenoxy) is 1. The molecular formula is C15H16ClNO2. The fourth-order valence-electron chi connectivity index (χ4n) is 2.89. The number of benzene rings is 1. The third kappa shape index (κ3) is 2.12. The number of alkyl halides is 1. The van der Waals surface area contributed by atoms with E-state index in [0.717, 1.165) is 30.3 Å². The molecule has 0 aromatic heterocycles. The molecule has 1 aliphatic carbocycles. The normalized spacial score (nSPS) is 19.6. The van der Waals surface area contributed by atoms with Gasteiger partial charge in [-0.3, -0.25) is 4.79 Å². The van der Waals surface area contributed by atoms with Gasteiger partial charge >= 0.3 is 5.97 Å². The van der Waals surface area contributed by atoms with E-state index in [1.807, 2.05) is 6.07 Å². The van der Waals surface area contributed by atoms with Crippen molar-refractivity contribution in [3.63, 3.8) is 0 Å². The first-order chi connectivity index (χ1) is 9.20. The predicted octanol–water partition coefficient (Wildman–Crippen LogP) is 1.71. The lowest BCUT2D eigenvalue weighted by molar-refractivity contribution is -0.131. The van der Waals surface area contributed by atoms with Gasteiger partial charge in [-0.1, -0.05) is 12.2 Å². The fraction of sp³-hybridized carbons (Fsp3) is 0.400. The van der Waals surface area contributed by atoms with Gasteiger partial charge in [-0.15, -0.1) is 11.6 Å². The van der Waals surface area contributed by atoms with Crippen LogP contribution in [0.1, 0.15) is 31.2 Å². The van der Waals surface area contributed by atoms with Crippen molar-refractivity contribution in [1.29, 1.82) is 0 Å². The van der Waals surface area contributed by atoms with Crippen molar-refractivity contribution in [2.75, 3.05) is 17.7 Å². The third-order valence-electron chi connectivity index (χ3n) is 3.66. The van der Waals surface area contributed by atoms with Crippen molar-refractivity contribution >= 4 is 35.4 Å². The molecule has 0 radical (unpaired) electrons.